The summed E-state index contributed by atoms with van der Waals surface area (Å²) in [5, 5.41) is 3.11. The standard InChI is InChI=1S/C19H31N3O2/c1-15(2)12-17(22-10-8-21(3)9-11-22)14-20-19(23)16-6-5-7-18(13-16)24-4/h5-7,13,15,17H,8-12,14H2,1-4H3,(H,20,23). The van der Waals surface area contributed by atoms with Crippen LogP contribution in [0.3, 0.4) is 0 Å². The number of hydrogen-bond acceptors (Lipinski definition) is 4. The Bertz CT molecular complexity index is 525. The first-order chi connectivity index (χ1) is 11.5. The number of likely N-dealkylation sites (N-methyl/N-ethyl adjacent to an activating group) is 1. The fraction of sp³-hybridized carbons (Fsp3) is 0.632. The summed E-state index contributed by atoms with van der Waals surface area (Å²) in [5.41, 5.74) is 0.649. The Kier molecular flexibility index (Phi) is 7.06. The second-order valence-corrected chi connectivity index (χ2v) is 7.06. The molecule has 1 amide bonds. The van der Waals surface area contributed by atoms with E-state index in [2.05, 4.69) is 36.0 Å². The molecule has 0 aliphatic carbocycles. The number of hydrogen-bond donors (Lipinski definition) is 1. The summed E-state index contributed by atoms with van der Waals surface area (Å²) in [6.45, 7) is 9.51. The molecule has 1 unspecified atom stereocenters. The molecule has 134 valence electrons. The summed E-state index contributed by atoms with van der Waals surface area (Å²) in [5.74, 6) is 1.29. The maximum absolute atomic E-state index is 12.4. The third-order valence-corrected chi connectivity index (χ3v) is 4.63. The van der Waals surface area contributed by atoms with Crippen molar-refractivity contribution in [3.63, 3.8) is 0 Å². The lowest BCUT2D eigenvalue weighted by Gasteiger charge is -2.38. The monoisotopic (exact) mass is 333 g/mol. The Morgan fingerprint density at radius 1 is 1.25 bits per heavy atom. The molecule has 0 spiro atoms. The molecule has 1 aliphatic rings. The van der Waals surface area contributed by atoms with E-state index in [0.717, 1.165) is 32.6 Å². The van der Waals surface area contributed by atoms with Crippen LogP contribution in [0.25, 0.3) is 0 Å². The van der Waals surface area contributed by atoms with Crippen LogP contribution in [-0.2, 0) is 0 Å². The highest BCUT2D eigenvalue weighted by Gasteiger charge is 2.23. The second kappa shape index (κ2) is 9.04. The molecule has 0 bridgehead atoms. The predicted octanol–water partition coefficient (Wildman–Crippen LogP) is 2.09. The lowest BCUT2D eigenvalue weighted by atomic mass is 10.0. The summed E-state index contributed by atoms with van der Waals surface area (Å²) < 4.78 is 5.20. The van der Waals surface area contributed by atoms with Gasteiger partial charge < -0.3 is 15.0 Å². The van der Waals surface area contributed by atoms with E-state index in [1.807, 2.05) is 18.2 Å². The van der Waals surface area contributed by atoms with Crippen LogP contribution in [0.1, 0.15) is 30.6 Å². The van der Waals surface area contributed by atoms with Gasteiger partial charge >= 0.3 is 0 Å². The van der Waals surface area contributed by atoms with Crippen LogP contribution in [0.2, 0.25) is 0 Å². The minimum absolute atomic E-state index is 0.0308. The van der Waals surface area contributed by atoms with Crippen molar-refractivity contribution in [1.82, 2.24) is 15.1 Å². The van der Waals surface area contributed by atoms with E-state index >= 15 is 0 Å². The first kappa shape index (κ1) is 18.7. The van der Waals surface area contributed by atoms with Gasteiger partial charge in [-0.1, -0.05) is 19.9 Å². The zero-order chi connectivity index (χ0) is 17.5. The van der Waals surface area contributed by atoms with Crippen LogP contribution >= 0.6 is 0 Å². The maximum atomic E-state index is 12.4. The lowest BCUT2D eigenvalue weighted by molar-refractivity contribution is 0.0850. The van der Waals surface area contributed by atoms with E-state index in [0.29, 0.717) is 29.8 Å². The number of ether oxygens (including phenoxy) is 1. The quantitative estimate of drug-likeness (QED) is 0.830. The van der Waals surface area contributed by atoms with Crippen molar-refractivity contribution in [2.45, 2.75) is 26.3 Å². The second-order valence-electron chi connectivity index (χ2n) is 7.06. The van der Waals surface area contributed by atoms with Gasteiger partial charge in [0.2, 0.25) is 0 Å². The van der Waals surface area contributed by atoms with Crippen LogP contribution < -0.4 is 10.1 Å². The van der Waals surface area contributed by atoms with Crippen molar-refractivity contribution in [2.75, 3.05) is 46.9 Å². The minimum atomic E-state index is -0.0308. The van der Waals surface area contributed by atoms with Gasteiger partial charge in [-0.15, -0.1) is 0 Å². The van der Waals surface area contributed by atoms with Crippen molar-refractivity contribution >= 4 is 5.91 Å². The predicted molar refractivity (Wildman–Crippen MR) is 97.6 cm³/mol. The SMILES string of the molecule is COc1cccc(C(=O)NCC(CC(C)C)N2CCN(C)CC2)c1. The third kappa shape index (κ3) is 5.49. The number of carbonyl (C=O) groups excluding carboxylic acids is 1. The molecule has 1 aliphatic heterocycles. The topological polar surface area (TPSA) is 44.8 Å². The Hall–Kier alpha value is -1.59. The Morgan fingerprint density at radius 2 is 1.96 bits per heavy atom. The van der Waals surface area contributed by atoms with Crippen molar-refractivity contribution in [3.05, 3.63) is 29.8 Å². The molecule has 1 saturated heterocycles. The van der Waals surface area contributed by atoms with Crippen LogP contribution in [-0.4, -0.2) is 68.6 Å². The Morgan fingerprint density at radius 3 is 2.58 bits per heavy atom. The normalized spacial score (nSPS) is 17.7. The van der Waals surface area contributed by atoms with Crippen molar-refractivity contribution < 1.29 is 9.53 Å². The summed E-state index contributed by atoms with van der Waals surface area (Å²) in [6.07, 6.45) is 1.10. The molecular formula is C19H31N3O2. The molecule has 5 heteroatoms. The zero-order valence-electron chi connectivity index (χ0n) is 15.4. The van der Waals surface area contributed by atoms with Gasteiger partial charge in [-0.05, 0) is 37.6 Å². The molecule has 24 heavy (non-hydrogen) atoms. The summed E-state index contributed by atoms with van der Waals surface area (Å²) >= 11 is 0. The number of rotatable bonds is 7. The third-order valence-electron chi connectivity index (χ3n) is 4.63. The first-order valence-corrected chi connectivity index (χ1v) is 8.84. The number of nitrogens with one attached hydrogen (secondary N) is 1. The van der Waals surface area contributed by atoms with Gasteiger partial charge in [-0.25, -0.2) is 0 Å². The zero-order valence-corrected chi connectivity index (χ0v) is 15.4. The molecular weight excluding hydrogens is 302 g/mol. The van der Waals surface area contributed by atoms with Crippen LogP contribution in [0.5, 0.6) is 5.75 Å². The fourth-order valence-corrected chi connectivity index (χ4v) is 3.17. The summed E-state index contributed by atoms with van der Waals surface area (Å²) in [4.78, 5) is 17.3. The molecule has 5 nitrogen and oxygen atoms in total. The summed E-state index contributed by atoms with van der Waals surface area (Å²) in [6, 6.07) is 7.70. The number of benzene rings is 1. The smallest absolute Gasteiger partial charge is 0.251 e. The largest absolute Gasteiger partial charge is 0.497 e. The van der Waals surface area contributed by atoms with E-state index in [9.17, 15) is 4.79 Å². The van der Waals surface area contributed by atoms with E-state index in [4.69, 9.17) is 4.74 Å². The molecule has 0 aromatic heterocycles. The van der Waals surface area contributed by atoms with Gasteiger partial charge in [0.05, 0.1) is 7.11 Å². The van der Waals surface area contributed by atoms with Gasteiger partial charge in [0.1, 0.15) is 5.75 Å². The first-order valence-electron chi connectivity index (χ1n) is 8.84. The van der Waals surface area contributed by atoms with Gasteiger partial charge in [0.15, 0.2) is 0 Å². The molecule has 1 heterocycles. The fourth-order valence-electron chi connectivity index (χ4n) is 3.17. The van der Waals surface area contributed by atoms with Gasteiger partial charge in [0.25, 0.3) is 5.91 Å². The lowest BCUT2D eigenvalue weighted by Crippen LogP contribution is -2.52. The molecule has 1 N–H and O–H groups in total. The maximum Gasteiger partial charge on any atom is 0.251 e. The Labute approximate surface area is 146 Å². The van der Waals surface area contributed by atoms with Gasteiger partial charge in [0, 0.05) is 44.3 Å². The van der Waals surface area contributed by atoms with E-state index in [-0.39, 0.29) is 5.91 Å². The molecule has 0 radical (unpaired) electrons. The van der Waals surface area contributed by atoms with Gasteiger partial charge in [-0.3, -0.25) is 9.69 Å². The molecule has 1 atom stereocenters. The molecule has 2 rings (SSSR count). The molecule has 1 aromatic carbocycles. The number of piperazine rings is 1. The van der Waals surface area contributed by atoms with Crippen molar-refractivity contribution in [3.8, 4) is 5.75 Å². The van der Waals surface area contributed by atoms with Crippen molar-refractivity contribution in [1.29, 1.82) is 0 Å². The number of methoxy groups -OCH3 is 1. The van der Waals surface area contributed by atoms with Crippen molar-refractivity contribution in [2.24, 2.45) is 5.92 Å². The van der Waals surface area contributed by atoms with Gasteiger partial charge in [-0.2, -0.15) is 0 Å². The van der Waals surface area contributed by atoms with E-state index in [1.54, 1.807) is 13.2 Å². The van der Waals surface area contributed by atoms with Crippen LogP contribution in [0.4, 0.5) is 0 Å². The molecule has 1 fully saturated rings. The van der Waals surface area contributed by atoms with E-state index in [1.165, 1.54) is 0 Å². The average Bonchev–Trinajstić information content (AvgIpc) is 2.58. The van der Waals surface area contributed by atoms with Crippen LogP contribution in [0, 0.1) is 5.92 Å². The van der Waals surface area contributed by atoms with Crippen LogP contribution in [0.15, 0.2) is 24.3 Å². The minimum Gasteiger partial charge on any atom is -0.497 e. The van der Waals surface area contributed by atoms with E-state index < -0.39 is 0 Å². The Balaban J connectivity index is 1.94. The molecule has 1 aromatic rings. The highest BCUT2D eigenvalue weighted by atomic mass is 16.5. The molecule has 0 saturated carbocycles. The average molecular weight is 333 g/mol. The highest BCUT2D eigenvalue weighted by molar-refractivity contribution is 5.94. The highest BCUT2D eigenvalue weighted by Crippen LogP contribution is 2.15. The summed E-state index contributed by atoms with van der Waals surface area (Å²) in [7, 11) is 3.78. The number of carbonyl (C=O) groups is 1. The number of amides is 1. The number of nitrogens with zero attached hydrogens (tertiary/aromatic N) is 2.